The van der Waals surface area contributed by atoms with Gasteiger partial charge in [0.15, 0.2) is 0 Å². The van der Waals surface area contributed by atoms with Gasteiger partial charge in [0.1, 0.15) is 11.9 Å². The van der Waals surface area contributed by atoms with E-state index in [1.54, 1.807) is 12.3 Å². The highest BCUT2D eigenvalue weighted by Crippen LogP contribution is 2.26. The molecule has 92 valence electrons. The third kappa shape index (κ3) is 2.31. The Labute approximate surface area is 111 Å². The van der Waals surface area contributed by atoms with Crippen LogP contribution in [-0.2, 0) is 13.6 Å². The van der Waals surface area contributed by atoms with Crippen LogP contribution in [0, 0.1) is 11.3 Å². The summed E-state index contributed by atoms with van der Waals surface area (Å²) >= 11 is 6.02. The van der Waals surface area contributed by atoms with Crippen LogP contribution in [0.2, 0.25) is 5.02 Å². The van der Waals surface area contributed by atoms with Gasteiger partial charge in [0.25, 0.3) is 0 Å². The highest BCUT2D eigenvalue weighted by molar-refractivity contribution is 6.32. The van der Waals surface area contributed by atoms with Crippen LogP contribution in [0.4, 0.5) is 5.69 Å². The van der Waals surface area contributed by atoms with Crippen LogP contribution in [0.1, 0.15) is 11.4 Å². The van der Waals surface area contributed by atoms with E-state index < -0.39 is 0 Å². The number of nitriles is 1. The molecule has 0 bridgehead atoms. The maximum absolute atomic E-state index is 9.15. The van der Waals surface area contributed by atoms with Gasteiger partial charge >= 0.3 is 0 Å². The van der Waals surface area contributed by atoms with Crippen molar-refractivity contribution in [1.29, 1.82) is 5.26 Å². The minimum absolute atomic E-state index is 0.474. The summed E-state index contributed by atoms with van der Waals surface area (Å²) in [6.45, 7) is 0.624. The Morgan fingerprint density at radius 3 is 2.89 bits per heavy atom. The van der Waals surface area contributed by atoms with Crippen LogP contribution in [-0.4, -0.2) is 16.6 Å². The van der Waals surface area contributed by atoms with Gasteiger partial charge in [-0.25, -0.2) is 4.98 Å². The fourth-order valence-corrected chi connectivity index (χ4v) is 2.00. The standard InChI is InChI=1S/C13H13ClN4/c1-17-7-6-16-13(17)9-18(2)12-5-3-4-11(14)10(12)8-15/h3-7H,9H2,1-2H3. The third-order valence-corrected chi connectivity index (χ3v) is 3.13. The van der Waals surface area contributed by atoms with E-state index >= 15 is 0 Å². The van der Waals surface area contributed by atoms with E-state index in [0.717, 1.165) is 11.5 Å². The first-order valence-corrected chi connectivity index (χ1v) is 5.87. The van der Waals surface area contributed by atoms with Crippen molar-refractivity contribution < 1.29 is 0 Å². The number of halogens is 1. The molecule has 4 nitrogen and oxygen atoms in total. The zero-order valence-corrected chi connectivity index (χ0v) is 11.0. The Kier molecular flexibility index (Phi) is 3.54. The number of hydrogen-bond donors (Lipinski definition) is 0. The van der Waals surface area contributed by atoms with Gasteiger partial charge in [0.05, 0.1) is 22.8 Å². The lowest BCUT2D eigenvalue weighted by molar-refractivity contribution is 0.761. The van der Waals surface area contributed by atoms with Crippen LogP contribution in [0.15, 0.2) is 30.6 Å². The molecule has 5 heteroatoms. The van der Waals surface area contributed by atoms with Crippen LogP contribution in [0.5, 0.6) is 0 Å². The molecular formula is C13H13ClN4. The van der Waals surface area contributed by atoms with Crippen molar-refractivity contribution in [3.05, 3.63) is 47.0 Å². The van der Waals surface area contributed by atoms with Crippen molar-refractivity contribution in [2.75, 3.05) is 11.9 Å². The van der Waals surface area contributed by atoms with Crippen molar-refractivity contribution in [3.8, 4) is 6.07 Å². The van der Waals surface area contributed by atoms with Gasteiger partial charge in [0, 0.05) is 26.5 Å². The normalized spacial score (nSPS) is 10.1. The molecule has 2 aromatic rings. The number of rotatable bonds is 3. The Bertz CT molecular complexity index is 597. The summed E-state index contributed by atoms with van der Waals surface area (Å²) in [5.41, 5.74) is 1.31. The average Bonchev–Trinajstić information content (AvgIpc) is 2.74. The summed E-state index contributed by atoms with van der Waals surface area (Å²) in [6, 6.07) is 7.58. The Balaban J connectivity index is 2.30. The first-order chi connectivity index (χ1) is 8.63. The summed E-state index contributed by atoms with van der Waals surface area (Å²) < 4.78 is 1.95. The molecule has 0 spiro atoms. The molecule has 1 aromatic carbocycles. The summed E-state index contributed by atoms with van der Waals surface area (Å²) in [5.74, 6) is 0.932. The number of anilines is 1. The number of benzene rings is 1. The third-order valence-electron chi connectivity index (χ3n) is 2.81. The van der Waals surface area contributed by atoms with Crippen molar-refractivity contribution in [2.24, 2.45) is 7.05 Å². The van der Waals surface area contributed by atoms with E-state index in [9.17, 15) is 0 Å². The molecule has 1 heterocycles. The zero-order valence-electron chi connectivity index (χ0n) is 10.3. The molecule has 2 rings (SSSR count). The average molecular weight is 261 g/mol. The Hall–Kier alpha value is -1.99. The number of aryl methyl sites for hydroxylation is 1. The molecule has 0 saturated heterocycles. The first kappa shape index (κ1) is 12.5. The van der Waals surface area contributed by atoms with E-state index in [1.165, 1.54) is 0 Å². The van der Waals surface area contributed by atoms with Gasteiger partial charge in [-0.3, -0.25) is 0 Å². The molecule has 0 saturated carbocycles. The molecule has 0 radical (unpaired) electrons. The first-order valence-electron chi connectivity index (χ1n) is 5.49. The molecular weight excluding hydrogens is 248 g/mol. The molecule has 0 aliphatic rings. The van der Waals surface area contributed by atoms with Crippen molar-refractivity contribution in [2.45, 2.75) is 6.54 Å². The summed E-state index contributed by atoms with van der Waals surface area (Å²) in [4.78, 5) is 6.23. The minimum atomic E-state index is 0.474. The number of hydrogen-bond acceptors (Lipinski definition) is 3. The molecule has 18 heavy (non-hydrogen) atoms. The van der Waals surface area contributed by atoms with Crippen LogP contribution in [0.3, 0.4) is 0 Å². The van der Waals surface area contributed by atoms with Crippen LogP contribution < -0.4 is 4.90 Å². The highest BCUT2D eigenvalue weighted by atomic mass is 35.5. The second kappa shape index (κ2) is 5.11. The Morgan fingerprint density at radius 1 is 1.50 bits per heavy atom. The van der Waals surface area contributed by atoms with E-state index in [1.807, 2.05) is 41.9 Å². The molecule has 0 unspecified atom stereocenters. The summed E-state index contributed by atoms with van der Waals surface area (Å²) in [7, 11) is 3.86. The summed E-state index contributed by atoms with van der Waals surface area (Å²) in [6.07, 6.45) is 3.65. The lowest BCUT2D eigenvalue weighted by Gasteiger charge is -2.20. The van der Waals surface area contributed by atoms with Gasteiger partial charge in [-0.2, -0.15) is 5.26 Å². The van der Waals surface area contributed by atoms with Gasteiger partial charge in [-0.05, 0) is 12.1 Å². The summed E-state index contributed by atoms with van der Waals surface area (Å²) in [5, 5.41) is 9.62. The fraction of sp³-hybridized carbons (Fsp3) is 0.231. The highest BCUT2D eigenvalue weighted by Gasteiger charge is 2.12. The zero-order chi connectivity index (χ0) is 13.1. The lowest BCUT2D eigenvalue weighted by Crippen LogP contribution is -2.20. The van der Waals surface area contributed by atoms with Crippen molar-refractivity contribution >= 4 is 17.3 Å². The van der Waals surface area contributed by atoms with E-state index in [2.05, 4.69) is 11.1 Å². The van der Waals surface area contributed by atoms with Crippen molar-refractivity contribution in [3.63, 3.8) is 0 Å². The predicted molar refractivity (Wildman–Crippen MR) is 71.5 cm³/mol. The number of nitrogens with zero attached hydrogens (tertiary/aromatic N) is 4. The minimum Gasteiger partial charge on any atom is -0.366 e. The topological polar surface area (TPSA) is 44.9 Å². The van der Waals surface area contributed by atoms with Gasteiger partial charge < -0.3 is 9.47 Å². The van der Waals surface area contributed by atoms with Crippen LogP contribution >= 0.6 is 11.6 Å². The van der Waals surface area contributed by atoms with E-state index in [4.69, 9.17) is 16.9 Å². The molecule has 0 N–H and O–H groups in total. The molecule has 0 aliphatic heterocycles. The molecule has 0 fully saturated rings. The number of aromatic nitrogens is 2. The second-order valence-corrected chi connectivity index (χ2v) is 4.46. The SMILES string of the molecule is CN(Cc1nccn1C)c1cccc(Cl)c1C#N. The van der Waals surface area contributed by atoms with Gasteiger partial charge in [0.2, 0.25) is 0 Å². The van der Waals surface area contributed by atoms with Crippen molar-refractivity contribution in [1.82, 2.24) is 9.55 Å². The number of imidazole rings is 1. The quantitative estimate of drug-likeness (QED) is 0.852. The smallest absolute Gasteiger partial charge is 0.127 e. The van der Waals surface area contributed by atoms with E-state index in [0.29, 0.717) is 17.1 Å². The second-order valence-electron chi connectivity index (χ2n) is 4.06. The maximum Gasteiger partial charge on any atom is 0.127 e. The monoisotopic (exact) mass is 260 g/mol. The van der Waals surface area contributed by atoms with Gasteiger partial charge in [-0.1, -0.05) is 17.7 Å². The lowest BCUT2D eigenvalue weighted by atomic mass is 10.2. The largest absolute Gasteiger partial charge is 0.366 e. The van der Waals surface area contributed by atoms with Gasteiger partial charge in [-0.15, -0.1) is 0 Å². The molecule has 0 aliphatic carbocycles. The van der Waals surface area contributed by atoms with Crippen LogP contribution in [0.25, 0.3) is 0 Å². The maximum atomic E-state index is 9.15. The van der Waals surface area contributed by atoms with E-state index in [-0.39, 0.29) is 0 Å². The fourth-order valence-electron chi connectivity index (χ4n) is 1.79. The predicted octanol–water partition coefficient (Wildman–Crippen LogP) is 2.58. The molecule has 0 atom stereocenters. The molecule has 1 aromatic heterocycles. The Morgan fingerprint density at radius 2 is 2.28 bits per heavy atom. The molecule has 0 amide bonds.